The van der Waals surface area contributed by atoms with Crippen molar-refractivity contribution >= 4 is 48.2 Å². The molecule has 0 unspecified atom stereocenters. The first kappa shape index (κ1) is 23.5. The smallest absolute Gasteiger partial charge is 0.367 e. The maximum absolute atomic E-state index is 12.0. The van der Waals surface area contributed by atoms with E-state index in [-0.39, 0.29) is 12.4 Å². The van der Waals surface area contributed by atoms with Crippen LogP contribution in [0.2, 0.25) is 0 Å². The van der Waals surface area contributed by atoms with E-state index in [4.69, 9.17) is 20.4 Å². The van der Waals surface area contributed by atoms with Crippen LogP contribution in [-0.2, 0) is 4.74 Å². The number of carbonyl (C=O) groups is 6. The van der Waals surface area contributed by atoms with Gasteiger partial charge in [0.05, 0.1) is 12.4 Å². The molecule has 0 amide bonds. The summed E-state index contributed by atoms with van der Waals surface area (Å²) >= 11 is 0. The molecule has 2 rings (SSSR count). The summed E-state index contributed by atoms with van der Waals surface area (Å²) in [4.78, 5) is 81.0. The van der Waals surface area contributed by atoms with Crippen LogP contribution in [0.1, 0.15) is 62.9 Å². The topological polar surface area (TPSA) is 244 Å². The molecule has 0 radical (unpaired) electrons. The van der Waals surface area contributed by atoms with Crippen LogP contribution in [0.4, 0.5) is 0 Å². The molecule has 15 nitrogen and oxygen atoms in total. The largest absolute Gasteiger partial charge is 0.476 e. The zero-order chi connectivity index (χ0) is 21.9. The molecule has 0 bridgehead atoms. The normalized spacial score (nSPS) is 9.73. The lowest BCUT2D eigenvalue weighted by Gasteiger charge is -2.06. The summed E-state index contributed by atoms with van der Waals surface area (Å²) in [6, 6.07) is 0. The first-order valence-corrected chi connectivity index (χ1v) is 6.96. The van der Waals surface area contributed by atoms with Crippen molar-refractivity contribution in [1.29, 1.82) is 0 Å². The van der Waals surface area contributed by atoms with Crippen molar-refractivity contribution in [2.45, 2.75) is 0 Å². The molecule has 0 aliphatic rings. The van der Waals surface area contributed by atoms with Crippen LogP contribution < -0.4 is 0 Å². The number of rotatable bonds is 6. The summed E-state index contributed by atoms with van der Waals surface area (Å²) in [6.07, 6.45) is 1.06. The Hall–Kier alpha value is -4.53. The van der Waals surface area contributed by atoms with Crippen LogP contribution in [0, 0.1) is 0 Å². The van der Waals surface area contributed by atoms with Gasteiger partial charge in [0, 0.05) is 0 Å². The van der Waals surface area contributed by atoms with Crippen LogP contribution in [0.3, 0.4) is 0 Å². The molecule has 30 heavy (non-hydrogen) atoms. The van der Waals surface area contributed by atoms with E-state index in [0.717, 1.165) is 0 Å². The second kappa shape index (κ2) is 9.11. The molecular weight excluding hydrogens is 436 g/mol. The number of carboxylic acid groups (broad SMARTS) is 4. The minimum atomic E-state index is -1.86. The monoisotopic (exact) mass is 442 g/mol. The Bertz CT molecular complexity index is 1020. The zero-order valence-corrected chi connectivity index (χ0v) is 14.8. The number of carbonyl (C=O) groups excluding carboxylic acids is 2. The SMILES string of the molecule is Cl.O=C(O)c1cnc(C(=O)OC(=O)c2ncc(C(=O)O)nc2C(=O)O)c(C(=O)O)n1. The molecule has 4 N–H and O–H groups in total. The number of hydrogen-bond acceptors (Lipinski definition) is 11. The highest BCUT2D eigenvalue weighted by atomic mass is 35.5. The summed E-state index contributed by atoms with van der Waals surface area (Å²) in [6.45, 7) is 0. The van der Waals surface area contributed by atoms with Gasteiger partial charge in [0.2, 0.25) is 0 Å². The van der Waals surface area contributed by atoms with Gasteiger partial charge in [-0.15, -0.1) is 12.4 Å². The van der Waals surface area contributed by atoms with Crippen molar-refractivity contribution in [3.05, 3.63) is 46.6 Å². The molecule has 156 valence electrons. The van der Waals surface area contributed by atoms with Crippen molar-refractivity contribution in [3.8, 4) is 0 Å². The van der Waals surface area contributed by atoms with Gasteiger partial charge >= 0.3 is 35.8 Å². The lowest BCUT2D eigenvalue weighted by atomic mass is 10.2. The Morgan fingerprint density at radius 1 is 0.600 bits per heavy atom. The van der Waals surface area contributed by atoms with E-state index in [2.05, 4.69) is 24.7 Å². The van der Waals surface area contributed by atoms with E-state index in [0.29, 0.717) is 12.4 Å². The van der Waals surface area contributed by atoms with Crippen molar-refractivity contribution in [1.82, 2.24) is 19.9 Å². The predicted molar refractivity (Wildman–Crippen MR) is 88.9 cm³/mol. The molecule has 0 aromatic carbocycles. The summed E-state index contributed by atoms with van der Waals surface area (Å²) < 4.78 is 4.30. The molecule has 0 saturated heterocycles. The van der Waals surface area contributed by atoms with Crippen LogP contribution in [0.5, 0.6) is 0 Å². The highest BCUT2D eigenvalue weighted by molar-refractivity contribution is 6.08. The number of esters is 2. The van der Waals surface area contributed by atoms with Gasteiger partial charge in [-0.3, -0.25) is 0 Å². The maximum Gasteiger partial charge on any atom is 0.367 e. The quantitative estimate of drug-likeness (QED) is 0.324. The van der Waals surface area contributed by atoms with Crippen LogP contribution in [0.15, 0.2) is 12.4 Å². The third-order valence-corrected chi connectivity index (χ3v) is 2.96. The van der Waals surface area contributed by atoms with Gasteiger partial charge in [-0.05, 0) is 0 Å². The highest BCUT2D eigenvalue weighted by Crippen LogP contribution is 2.11. The number of aromatic nitrogens is 4. The lowest BCUT2D eigenvalue weighted by molar-refractivity contribution is 0.0374. The molecule has 2 aromatic rings. The molecule has 0 aliphatic carbocycles. The van der Waals surface area contributed by atoms with E-state index >= 15 is 0 Å². The molecule has 0 spiro atoms. The second-order valence-corrected chi connectivity index (χ2v) is 4.80. The minimum Gasteiger partial charge on any atom is -0.476 e. The lowest BCUT2D eigenvalue weighted by Crippen LogP contribution is -2.23. The van der Waals surface area contributed by atoms with Gasteiger partial charge in [0.1, 0.15) is 0 Å². The van der Waals surface area contributed by atoms with Gasteiger partial charge in [0.15, 0.2) is 34.2 Å². The zero-order valence-electron chi connectivity index (χ0n) is 14.0. The fourth-order valence-electron chi connectivity index (χ4n) is 1.76. The summed E-state index contributed by atoms with van der Waals surface area (Å²) in [5.41, 5.74) is -6.02. The number of hydrogen-bond donors (Lipinski definition) is 4. The average Bonchev–Trinajstić information content (AvgIpc) is 2.66. The first-order valence-electron chi connectivity index (χ1n) is 6.96. The fraction of sp³-hybridized carbons (Fsp3) is 0. The third kappa shape index (κ3) is 4.84. The Balaban J connectivity index is 0.00000450. The molecule has 2 aromatic heterocycles. The molecule has 2 heterocycles. The number of carboxylic acids is 4. The average molecular weight is 443 g/mol. The van der Waals surface area contributed by atoms with Crippen molar-refractivity contribution in [2.24, 2.45) is 0 Å². The summed E-state index contributed by atoms with van der Waals surface area (Å²) in [5.74, 6) is -10.4. The van der Waals surface area contributed by atoms with E-state index in [1.165, 1.54) is 0 Å². The van der Waals surface area contributed by atoms with Gasteiger partial charge in [-0.25, -0.2) is 48.7 Å². The van der Waals surface area contributed by atoms with Gasteiger partial charge < -0.3 is 25.2 Å². The van der Waals surface area contributed by atoms with Crippen molar-refractivity contribution in [3.63, 3.8) is 0 Å². The van der Waals surface area contributed by atoms with Crippen LogP contribution >= 0.6 is 12.4 Å². The third-order valence-electron chi connectivity index (χ3n) is 2.96. The van der Waals surface area contributed by atoms with E-state index in [9.17, 15) is 28.8 Å². The van der Waals surface area contributed by atoms with Gasteiger partial charge in [-0.2, -0.15) is 0 Å². The Morgan fingerprint density at radius 2 is 0.933 bits per heavy atom. The second-order valence-electron chi connectivity index (χ2n) is 4.80. The van der Waals surface area contributed by atoms with Crippen molar-refractivity contribution in [2.75, 3.05) is 0 Å². The molecule has 0 atom stereocenters. The highest BCUT2D eigenvalue weighted by Gasteiger charge is 2.29. The molecular formula is C14H7ClN4O11. The van der Waals surface area contributed by atoms with E-state index in [1.54, 1.807) is 0 Å². The van der Waals surface area contributed by atoms with Crippen molar-refractivity contribution < 1.29 is 53.9 Å². The molecule has 0 fully saturated rings. The summed E-state index contributed by atoms with van der Waals surface area (Å²) in [5, 5.41) is 35.6. The number of aromatic carboxylic acids is 4. The molecule has 0 aliphatic heterocycles. The summed E-state index contributed by atoms with van der Waals surface area (Å²) in [7, 11) is 0. The Labute approximate surface area is 169 Å². The number of halogens is 1. The standard InChI is InChI=1S/C14H6N4O11.ClH/c19-9(20)3-1-15-7(5(17-3)11(23)24)13(27)29-14(28)8-6(12(25)26)18-4(2-16-8)10(21)22;/h1-2H,(H,19,20)(H,21,22)(H,23,24)(H,25,26);1H. The van der Waals surface area contributed by atoms with E-state index in [1.807, 2.05) is 0 Å². The first-order chi connectivity index (χ1) is 13.5. The fourth-order valence-corrected chi connectivity index (χ4v) is 1.76. The van der Waals surface area contributed by atoms with Gasteiger partial charge in [0.25, 0.3) is 0 Å². The van der Waals surface area contributed by atoms with Gasteiger partial charge in [-0.1, -0.05) is 0 Å². The van der Waals surface area contributed by atoms with E-state index < -0.39 is 70.0 Å². The Kier molecular flexibility index (Phi) is 7.14. The minimum absolute atomic E-state index is 0. The number of nitrogens with zero attached hydrogens (tertiary/aromatic N) is 4. The maximum atomic E-state index is 12.0. The number of ether oxygens (including phenoxy) is 1. The molecule has 16 heteroatoms. The predicted octanol–water partition coefficient (Wildman–Crippen LogP) is -0.522. The Morgan fingerprint density at radius 3 is 1.20 bits per heavy atom. The van der Waals surface area contributed by atoms with Crippen LogP contribution in [-0.4, -0.2) is 76.2 Å². The molecule has 0 saturated carbocycles. The van der Waals surface area contributed by atoms with Crippen LogP contribution in [0.25, 0.3) is 0 Å².